The quantitative estimate of drug-likeness (QED) is 0.782. The molecule has 26 heavy (non-hydrogen) atoms. The highest BCUT2D eigenvalue weighted by Gasteiger charge is 2.32. The van der Waals surface area contributed by atoms with Crippen LogP contribution in [0.3, 0.4) is 0 Å². The van der Waals surface area contributed by atoms with E-state index in [9.17, 15) is 9.00 Å². The van der Waals surface area contributed by atoms with Crippen molar-refractivity contribution in [2.45, 2.75) is 44.3 Å². The molecule has 1 aliphatic heterocycles. The van der Waals surface area contributed by atoms with Crippen LogP contribution in [-0.4, -0.2) is 64.7 Å². The van der Waals surface area contributed by atoms with Gasteiger partial charge in [-0.25, -0.2) is 4.79 Å². The smallest absolute Gasteiger partial charge is 0.410 e. The molecule has 7 heteroatoms. The van der Waals surface area contributed by atoms with E-state index < -0.39 is 22.5 Å². The lowest BCUT2D eigenvalue weighted by Crippen LogP contribution is -2.44. The summed E-state index contributed by atoms with van der Waals surface area (Å²) in [6, 6.07) is 9.88. The van der Waals surface area contributed by atoms with Crippen LogP contribution in [0, 0.1) is 0 Å². The van der Waals surface area contributed by atoms with Gasteiger partial charge >= 0.3 is 6.09 Å². The van der Waals surface area contributed by atoms with Crippen molar-refractivity contribution < 1.29 is 23.2 Å². The normalized spacial score (nSPS) is 22.5. The minimum absolute atomic E-state index is 0.235. The summed E-state index contributed by atoms with van der Waals surface area (Å²) >= 11 is 0. The van der Waals surface area contributed by atoms with Gasteiger partial charge in [0, 0.05) is 23.6 Å². The molecular formula is C19H29NO5S. The Balaban J connectivity index is 1.95. The van der Waals surface area contributed by atoms with Crippen molar-refractivity contribution in [1.29, 1.82) is 0 Å². The first kappa shape index (κ1) is 20.9. The number of hydrogen-bond donors (Lipinski definition) is 0. The van der Waals surface area contributed by atoms with Crippen molar-refractivity contribution in [3.63, 3.8) is 0 Å². The highest BCUT2D eigenvalue weighted by molar-refractivity contribution is 7.85. The van der Waals surface area contributed by atoms with Crippen molar-refractivity contribution in [1.82, 2.24) is 4.90 Å². The van der Waals surface area contributed by atoms with Crippen molar-refractivity contribution in [2.24, 2.45) is 0 Å². The molecule has 1 amide bonds. The van der Waals surface area contributed by atoms with Crippen molar-refractivity contribution in [2.75, 3.05) is 32.6 Å². The fourth-order valence-electron chi connectivity index (χ4n) is 2.57. The first-order valence-corrected chi connectivity index (χ1v) is 10.4. The Morgan fingerprint density at radius 3 is 2.58 bits per heavy atom. The molecule has 1 aromatic rings. The summed E-state index contributed by atoms with van der Waals surface area (Å²) in [5.41, 5.74) is 0.502. The minimum Gasteiger partial charge on any atom is -0.444 e. The van der Waals surface area contributed by atoms with E-state index in [0.29, 0.717) is 32.9 Å². The van der Waals surface area contributed by atoms with E-state index in [1.54, 1.807) is 11.2 Å². The predicted octanol–water partition coefficient (Wildman–Crippen LogP) is 2.59. The van der Waals surface area contributed by atoms with Gasteiger partial charge in [-0.15, -0.1) is 0 Å². The third-order valence-corrected chi connectivity index (χ3v) is 5.13. The molecule has 1 heterocycles. The molecule has 146 valence electrons. The van der Waals surface area contributed by atoms with E-state index in [-0.39, 0.29) is 11.4 Å². The van der Waals surface area contributed by atoms with Crippen LogP contribution >= 0.6 is 0 Å². The lowest BCUT2D eigenvalue weighted by molar-refractivity contribution is -0.0257. The van der Waals surface area contributed by atoms with Gasteiger partial charge in [-0.05, 0) is 26.3 Å². The van der Waals surface area contributed by atoms with Crippen LogP contribution in [-0.2, 0) is 31.6 Å². The molecule has 0 N–H and O–H groups in total. The standard InChI is InChI=1S/C19H29NO5S/c1-19(2,3)25-18(21)20-10-16(24-14-17(11-20)26(4)22)13-23-12-15-8-6-5-7-9-15/h5-9,16-17H,10-14H2,1-4H3/t16-,17?,26?/m0/s1. The summed E-state index contributed by atoms with van der Waals surface area (Å²) in [4.78, 5) is 14.1. The minimum atomic E-state index is -1.09. The van der Waals surface area contributed by atoms with E-state index >= 15 is 0 Å². The number of ether oxygens (including phenoxy) is 3. The first-order chi connectivity index (χ1) is 12.2. The number of rotatable bonds is 5. The summed E-state index contributed by atoms with van der Waals surface area (Å²) in [5, 5.41) is -0.235. The average molecular weight is 384 g/mol. The van der Waals surface area contributed by atoms with E-state index in [4.69, 9.17) is 14.2 Å². The van der Waals surface area contributed by atoms with Crippen molar-refractivity contribution >= 4 is 16.9 Å². The van der Waals surface area contributed by atoms with Crippen molar-refractivity contribution in [3.05, 3.63) is 35.9 Å². The Hall–Kier alpha value is -1.44. The third-order valence-electron chi connectivity index (χ3n) is 3.90. The van der Waals surface area contributed by atoms with Gasteiger partial charge in [0.2, 0.25) is 0 Å². The summed E-state index contributed by atoms with van der Waals surface area (Å²) in [5.74, 6) is 0. The van der Waals surface area contributed by atoms with Crippen LogP contribution in [0.5, 0.6) is 0 Å². The second-order valence-electron chi connectivity index (χ2n) is 7.46. The molecule has 0 radical (unpaired) electrons. The molecule has 1 aliphatic rings. The van der Waals surface area contributed by atoms with Crippen LogP contribution in [0.15, 0.2) is 30.3 Å². The Morgan fingerprint density at radius 1 is 1.27 bits per heavy atom. The highest BCUT2D eigenvalue weighted by Crippen LogP contribution is 2.16. The SMILES string of the molecule is CS(=O)C1CO[C@H](COCc2ccccc2)CN(C(=O)OC(C)(C)C)C1. The third kappa shape index (κ3) is 7.05. The average Bonchev–Trinajstić information content (AvgIpc) is 2.77. The Bertz CT molecular complexity index is 602. The molecule has 0 saturated carbocycles. The zero-order chi connectivity index (χ0) is 19.2. The summed E-state index contributed by atoms with van der Waals surface area (Å²) in [6.07, 6.45) is 0.944. The van der Waals surface area contributed by atoms with Crippen molar-refractivity contribution in [3.8, 4) is 0 Å². The largest absolute Gasteiger partial charge is 0.444 e. The lowest BCUT2D eigenvalue weighted by Gasteiger charge is -2.28. The lowest BCUT2D eigenvalue weighted by atomic mass is 10.2. The molecule has 1 fully saturated rings. The molecule has 3 atom stereocenters. The number of amides is 1. The number of carbonyl (C=O) groups excluding carboxylic acids is 1. The zero-order valence-corrected chi connectivity index (χ0v) is 16.8. The van der Waals surface area contributed by atoms with Crippen LogP contribution < -0.4 is 0 Å². The second-order valence-corrected chi connectivity index (χ2v) is 9.13. The van der Waals surface area contributed by atoms with Gasteiger partial charge in [-0.3, -0.25) is 4.21 Å². The maximum absolute atomic E-state index is 12.5. The molecule has 0 aromatic heterocycles. The number of nitrogens with zero attached hydrogens (tertiary/aromatic N) is 1. The van der Waals surface area contributed by atoms with Gasteiger partial charge in [-0.2, -0.15) is 0 Å². The fraction of sp³-hybridized carbons (Fsp3) is 0.632. The Morgan fingerprint density at radius 2 is 1.96 bits per heavy atom. The molecule has 1 aromatic carbocycles. The molecule has 2 rings (SSSR count). The summed E-state index contributed by atoms with van der Waals surface area (Å²) < 4.78 is 29.0. The fourth-order valence-corrected chi connectivity index (χ4v) is 3.23. The second kappa shape index (κ2) is 9.48. The monoisotopic (exact) mass is 383 g/mol. The van der Waals surface area contributed by atoms with Crippen LogP contribution in [0.1, 0.15) is 26.3 Å². The van der Waals surface area contributed by atoms with Crippen LogP contribution in [0.2, 0.25) is 0 Å². The van der Waals surface area contributed by atoms with E-state index in [1.165, 1.54) is 0 Å². The molecule has 0 bridgehead atoms. The predicted molar refractivity (Wildman–Crippen MR) is 101 cm³/mol. The molecule has 2 unspecified atom stereocenters. The number of carbonyl (C=O) groups is 1. The Kier molecular flexibility index (Phi) is 7.61. The van der Waals surface area contributed by atoms with Gasteiger partial charge < -0.3 is 19.1 Å². The molecule has 6 nitrogen and oxygen atoms in total. The van der Waals surface area contributed by atoms with Gasteiger partial charge in [0.15, 0.2) is 0 Å². The van der Waals surface area contributed by atoms with Gasteiger partial charge in [0.1, 0.15) is 5.60 Å². The van der Waals surface area contributed by atoms with Gasteiger partial charge in [-0.1, -0.05) is 30.3 Å². The molecular weight excluding hydrogens is 354 g/mol. The topological polar surface area (TPSA) is 65.1 Å². The van der Waals surface area contributed by atoms with Gasteiger partial charge in [0.05, 0.1) is 37.7 Å². The summed E-state index contributed by atoms with van der Waals surface area (Å²) in [6.45, 7) is 7.37. The maximum Gasteiger partial charge on any atom is 0.410 e. The van der Waals surface area contributed by atoms with E-state index in [1.807, 2.05) is 51.1 Å². The van der Waals surface area contributed by atoms with Crippen LogP contribution in [0.4, 0.5) is 4.79 Å². The Labute approximate surface area is 158 Å². The van der Waals surface area contributed by atoms with E-state index in [0.717, 1.165) is 5.56 Å². The van der Waals surface area contributed by atoms with E-state index in [2.05, 4.69) is 0 Å². The van der Waals surface area contributed by atoms with Gasteiger partial charge in [0.25, 0.3) is 0 Å². The zero-order valence-electron chi connectivity index (χ0n) is 16.0. The molecule has 0 spiro atoms. The highest BCUT2D eigenvalue weighted by atomic mass is 32.2. The number of benzene rings is 1. The summed E-state index contributed by atoms with van der Waals surface area (Å²) in [7, 11) is -1.09. The maximum atomic E-state index is 12.5. The molecule has 0 aliphatic carbocycles. The molecule has 1 saturated heterocycles. The number of hydrogen-bond acceptors (Lipinski definition) is 5. The van der Waals surface area contributed by atoms with Crippen LogP contribution in [0.25, 0.3) is 0 Å². The first-order valence-electron chi connectivity index (χ1n) is 8.78.